The van der Waals surface area contributed by atoms with Crippen LogP contribution in [0.4, 0.5) is 0 Å². The molecule has 0 saturated carbocycles. The minimum atomic E-state index is -0.141. The Kier molecular flexibility index (Phi) is 3.79. The van der Waals surface area contributed by atoms with Crippen molar-refractivity contribution in [3.8, 4) is 0 Å². The largest absolute Gasteiger partial charge is 0.271 e. The van der Waals surface area contributed by atoms with E-state index in [9.17, 15) is 0 Å². The zero-order valence-electron chi connectivity index (χ0n) is 10.6. The van der Waals surface area contributed by atoms with E-state index in [1.165, 1.54) is 11.1 Å². The van der Waals surface area contributed by atoms with E-state index in [1.807, 2.05) is 7.05 Å². The van der Waals surface area contributed by atoms with Crippen molar-refractivity contribution in [3.05, 3.63) is 45.2 Å². The summed E-state index contributed by atoms with van der Waals surface area (Å²) in [6.45, 7) is 4.14. The molecule has 0 saturated heterocycles. The van der Waals surface area contributed by atoms with Gasteiger partial charge in [0.25, 0.3) is 0 Å². The van der Waals surface area contributed by atoms with Gasteiger partial charge < -0.3 is 0 Å². The number of nitrogens with two attached hydrogens (primary N) is 1. The molecule has 0 aliphatic rings. The number of halogens is 1. The summed E-state index contributed by atoms with van der Waals surface area (Å²) in [4.78, 5) is 0. The average Bonchev–Trinajstić information content (AvgIpc) is 2.61. The van der Waals surface area contributed by atoms with Crippen molar-refractivity contribution in [2.45, 2.75) is 19.9 Å². The topological polar surface area (TPSA) is 68.8 Å². The van der Waals surface area contributed by atoms with Crippen LogP contribution in [0.25, 0.3) is 0 Å². The number of rotatable bonds is 3. The third-order valence-electron chi connectivity index (χ3n) is 2.84. The van der Waals surface area contributed by atoms with Gasteiger partial charge in [-0.1, -0.05) is 34.5 Å². The van der Waals surface area contributed by atoms with Gasteiger partial charge in [0.15, 0.2) is 4.60 Å². The van der Waals surface area contributed by atoms with Crippen LogP contribution >= 0.6 is 15.9 Å². The maximum atomic E-state index is 5.69. The number of aryl methyl sites for hydroxylation is 3. The summed E-state index contributed by atoms with van der Waals surface area (Å²) in [7, 11) is 1.85. The first-order valence-corrected chi connectivity index (χ1v) is 6.41. The fourth-order valence-corrected chi connectivity index (χ4v) is 2.71. The number of hydrogen-bond acceptors (Lipinski definition) is 4. The summed E-state index contributed by atoms with van der Waals surface area (Å²) in [5, 5.41) is 7.97. The molecule has 1 aromatic carbocycles. The predicted octanol–water partition coefficient (Wildman–Crippen LogP) is 1.75. The van der Waals surface area contributed by atoms with Crippen LogP contribution in [0, 0.1) is 13.8 Å². The van der Waals surface area contributed by atoms with Crippen molar-refractivity contribution in [2.75, 3.05) is 0 Å². The molecule has 1 aromatic heterocycles. The second-order valence-corrected chi connectivity index (χ2v) is 5.16. The highest BCUT2D eigenvalue weighted by molar-refractivity contribution is 9.10. The highest BCUT2D eigenvalue weighted by Crippen LogP contribution is 2.27. The first-order valence-electron chi connectivity index (χ1n) is 5.62. The summed E-state index contributed by atoms with van der Waals surface area (Å²) in [6.07, 6.45) is 0. The van der Waals surface area contributed by atoms with Crippen LogP contribution in [0.5, 0.6) is 0 Å². The lowest BCUT2D eigenvalue weighted by atomic mass is 10.00. The Bertz CT molecular complexity index is 524. The van der Waals surface area contributed by atoms with Crippen LogP contribution in [0.15, 0.2) is 22.8 Å². The van der Waals surface area contributed by atoms with E-state index in [-0.39, 0.29) is 6.04 Å². The lowest BCUT2D eigenvalue weighted by Gasteiger charge is -2.18. The normalized spacial score (nSPS) is 12.7. The van der Waals surface area contributed by atoms with Crippen molar-refractivity contribution in [3.63, 3.8) is 0 Å². The predicted molar refractivity (Wildman–Crippen MR) is 73.8 cm³/mol. The number of hydrogen-bond donors (Lipinski definition) is 2. The fourth-order valence-electron chi connectivity index (χ4n) is 2.15. The smallest absolute Gasteiger partial charge is 0.153 e. The van der Waals surface area contributed by atoms with Gasteiger partial charge in [-0.15, -0.1) is 5.10 Å². The van der Waals surface area contributed by atoms with Crippen LogP contribution in [-0.2, 0) is 7.05 Å². The first kappa shape index (κ1) is 13.2. The molecule has 0 bridgehead atoms. The highest BCUT2D eigenvalue weighted by Gasteiger charge is 2.21. The molecule has 0 fully saturated rings. The lowest BCUT2D eigenvalue weighted by molar-refractivity contribution is 0.568. The maximum absolute atomic E-state index is 5.69. The number of aromatic nitrogens is 3. The quantitative estimate of drug-likeness (QED) is 0.669. The Morgan fingerprint density at radius 2 is 1.89 bits per heavy atom. The van der Waals surface area contributed by atoms with Crippen LogP contribution in [0.1, 0.15) is 28.4 Å². The van der Waals surface area contributed by atoms with E-state index >= 15 is 0 Å². The molecule has 96 valence electrons. The molecule has 0 aliphatic carbocycles. The van der Waals surface area contributed by atoms with Gasteiger partial charge in [-0.05, 0) is 35.3 Å². The van der Waals surface area contributed by atoms with E-state index in [0.29, 0.717) is 4.60 Å². The molecule has 3 N–H and O–H groups in total. The Morgan fingerprint density at radius 1 is 1.28 bits per heavy atom. The fraction of sp³-hybridized carbons (Fsp3) is 0.333. The minimum absolute atomic E-state index is 0.141. The molecular weight excluding hydrogens is 294 g/mol. The number of nitrogens with one attached hydrogen (secondary N) is 1. The second kappa shape index (κ2) is 5.17. The summed E-state index contributed by atoms with van der Waals surface area (Å²) in [6, 6.07) is 6.21. The molecule has 0 amide bonds. The maximum Gasteiger partial charge on any atom is 0.153 e. The average molecular weight is 310 g/mol. The Labute approximate surface area is 114 Å². The van der Waals surface area contributed by atoms with Gasteiger partial charge in [0.05, 0.1) is 11.7 Å². The molecule has 1 unspecified atom stereocenters. The SMILES string of the molecule is Cc1cc(C)cc(C(NN)c2c(Br)nnn2C)c1. The van der Waals surface area contributed by atoms with Crippen molar-refractivity contribution >= 4 is 15.9 Å². The minimum Gasteiger partial charge on any atom is -0.271 e. The molecule has 6 heteroatoms. The molecule has 0 radical (unpaired) electrons. The van der Waals surface area contributed by atoms with E-state index in [4.69, 9.17) is 5.84 Å². The molecular formula is C12H16BrN5. The number of nitrogens with zero attached hydrogens (tertiary/aromatic N) is 3. The van der Waals surface area contributed by atoms with Crippen LogP contribution < -0.4 is 11.3 Å². The van der Waals surface area contributed by atoms with Crippen LogP contribution in [0.3, 0.4) is 0 Å². The van der Waals surface area contributed by atoms with Crippen molar-refractivity contribution < 1.29 is 0 Å². The molecule has 5 nitrogen and oxygen atoms in total. The third kappa shape index (κ3) is 2.45. The lowest BCUT2D eigenvalue weighted by Crippen LogP contribution is -2.30. The monoisotopic (exact) mass is 309 g/mol. The molecule has 0 aliphatic heterocycles. The molecule has 2 aromatic rings. The van der Waals surface area contributed by atoms with Crippen molar-refractivity contribution in [2.24, 2.45) is 12.9 Å². The van der Waals surface area contributed by atoms with E-state index in [2.05, 4.69) is 63.7 Å². The standard InChI is InChI=1S/C12H16BrN5/c1-7-4-8(2)6-9(5-7)10(15-14)11-12(13)16-17-18(11)3/h4-6,10,15H,14H2,1-3H3. The van der Waals surface area contributed by atoms with Gasteiger partial charge >= 0.3 is 0 Å². The number of benzene rings is 1. The third-order valence-corrected chi connectivity index (χ3v) is 3.41. The summed E-state index contributed by atoms with van der Waals surface area (Å²) in [5.74, 6) is 5.69. The van der Waals surface area contributed by atoms with Crippen molar-refractivity contribution in [1.82, 2.24) is 20.4 Å². The molecule has 1 atom stereocenters. The van der Waals surface area contributed by atoms with Crippen LogP contribution in [-0.4, -0.2) is 15.0 Å². The zero-order chi connectivity index (χ0) is 13.3. The summed E-state index contributed by atoms with van der Waals surface area (Å²) < 4.78 is 2.42. The van der Waals surface area contributed by atoms with Gasteiger partial charge in [0.2, 0.25) is 0 Å². The van der Waals surface area contributed by atoms with Gasteiger partial charge in [0.1, 0.15) is 0 Å². The van der Waals surface area contributed by atoms with Gasteiger partial charge in [-0.3, -0.25) is 5.84 Å². The van der Waals surface area contributed by atoms with Crippen molar-refractivity contribution in [1.29, 1.82) is 0 Å². The van der Waals surface area contributed by atoms with E-state index in [0.717, 1.165) is 11.3 Å². The summed E-state index contributed by atoms with van der Waals surface area (Å²) >= 11 is 3.40. The van der Waals surface area contributed by atoms with Gasteiger partial charge in [-0.2, -0.15) is 0 Å². The molecule has 2 rings (SSSR count). The Morgan fingerprint density at radius 3 is 2.33 bits per heavy atom. The van der Waals surface area contributed by atoms with E-state index in [1.54, 1.807) is 4.68 Å². The second-order valence-electron chi connectivity index (χ2n) is 4.41. The Hall–Kier alpha value is -1.24. The highest BCUT2D eigenvalue weighted by atomic mass is 79.9. The van der Waals surface area contributed by atoms with E-state index < -0.39 is 0 Å². The van der Waals surface area contributed by atoms with Crippen LogP contribution in [0.2, 0.25) is 0 Å². The molecule has 18 heavy (non-hydrogen) atoms. The molecule has 0 spiro atoms. The van der Waals surface area contributed by atoms with Gasteiger partial charge in [-0.25, -0.2) is 10.1 Å². The number of hydrazine groups is 1. The first-order chi connectivity index (χ1) is 8.52. The molecule has 1 heterocycles. The Balaban J connectivity index is 2.52. The zero-order valence-corrected chi connectivity index (χ0v) is 12.2. The van der Waals surface area contributed by atoms with Gasteiger partial charge in [0, 0.05) is 7.05 Å². The summed E-state index contributed by atoms with van der Waals surface area (Å²) in [5.41, 5.74) is 7.24.